The van der Waals surface area contributed by atoms with E-state index < -0.39 is 11.9 Å². The summed E-state index contributed by atoms with van der Waals surface area (Å²) in [5, 5.41) is 0. The van der Waals surface area contributed by atoms with Gasteiger partial charge in [-0.2, -0.15) is 0 Å². The van der Waals surface area contributed by atoms with Gasteiger partial charge in [0.1, 0.15) is 12.2 Å². The summed E-state index contributed by atoms with van der Waals surface area (Å²) in [7, 11) is 0. The molecule has 0 amide bonds. The molecule has 0 aromatic heterocycles. The van der Waals surface area contributed by atoms with Gasteiger partial charge in [-0.05, 0) is 61.2 Å². The summed E-state index contributed by atoms with van der Waals surface area (Å²) < 4.78 is 11.4. The molecule has 2 saturated carbocycles. The summed E-state index contributed by atoms with van der Waals surface area (Å²) in [5.74, 6) is 2.05. The second-order valence-electron chi connectivity index (χ2n) is 9.94. The van der Waals surface area contributed by atoms with E-state index in [2.05, 4.69) is 41.5 Å². The van der Waals surface area contributed by atoms with Crippen LogP contribution in [0.4, 0.5) is 0 Å². The quantitative estimate of drug-likeness (QED) is 0.439. The third-order valence-electron chi connectivity index (χ3n) is 6.81. The predicted molar refractivity (Wildman–Crippen MR) is 112 cm³/mol. The van der Waals surface area contributed by atoms with Gasteiger partial charge in [-0.1, -0.05) is 54.4 Å². The van der Waals surface area contributed by atoms with E-state index in [-0.39, 0.29) is 12.2 Å². The lowest BCUT2D eigenvalue weighted by atomic mass is 9.75. The fourth-order valence-corrected chi connectivity index (χ4v) is 5.01. The van der Waals surface area contributed by atoms with Crippen molar-refractivity contribution in [1.82, 2.24) is 0 Å². The lowest BCUT2D eigenvalue weighted by Gasteiger charge is -2.36. The maximum atomic E-state index is 12.3. The lowest BCUT2D eigenvalue weighted by Crippen LogP contribution is -2.36. The molecule has 0 bridgehead atoms. The van der Waals surface area contributed by atoms with Crippen molar-refractivity contribution in [3.63, 3.8) is 0 Å². The van der Waals surface area contributed by atoms with Crippen molar-refractivity contribution in [3.8, 4) is 0 Å². The van der Waals surface area contributed by atoms with Crippen molar-refractivity contribution in [3.05, 3.63) is 12.2 Å². The monoisotopic (exact) mass is 392 g/mol. The first-order valence-electron chi connectivity index (χ1n) is 11.3. The SMILES string of the molecule is CC(C)[C@H]1CC[C@@H](C)C[C@@H]1OC(=O)/C=C/C(=O)O[C@H]1C[C@H](C)CC[C@@H]1C(C)C. The number of carbonyl (C=O) groups is 2. The molecule has 0 spiro atoms. The molecule has 4 heteroatoms. The van der Waals surface area contributed by atoms with Crippen LogP contribution in [0.1, 0.15) is 80.1 Å². The Morgan fingerprint density at radius 3 is 1.39 bits per heavy atom. The molecule has 160 valence electrons. The standard InChI is InChI=1S/C24H40O4/c1-15(2)19-9-7-17(5)13-21(19)27-23(25)11-12-24(26)28-22-14-18(6)8-10-20(22)16(3)4/h11-12,15-22H,7-10,13-14H2,1-6H3/b12-11+/t17-,18-,19-,20-,21+,22+/m1/s1. The third kappa shape index (κ3) is 6.63. The van der Waals surface area contributed by atoms with Gasteiger partial charge >= 0.3 is 11.9 Å². The van der Waals surface area contributed by atoms with E-state index in [0.717, 1.165) is 25.7 Å². The van der Waals surface area contributed by atoms with Gasteiger partial charge in [0.2, 0.25) is 0 Å². The molecule has 2 rings (SSSR count). The number of rotatable bonds is 6. The van der Waals surface area contributed by atoms with Crippen LogP contribution in [0.3, 0.4) is 0 Å². The van der Waals surface area contributed by atoms with Gasteiger partial charge in [0.05, 0.1) is 0 Å². The first-order valence-corrected chi connectivity index (χ1v) is 11.3. The largest absolute Gasteiger partial charge is 0.459 e. The zero-order chi connectivity index (χ0) is 20.8. The van der Waals surface area contributed by atoms with Crippen LogP contribution in [-0.2, 0) is 19.1 Å². The molecule has 0 aromatic carbocycles. The van der Waals surface area contributed by atoms with Gasteiger partial charge in [-0.25, -0.2) is 9.59 Å². The molecule has 0 heterocycles. The summed E-state index contributed by atoms with van der Waals surface area (Å²) in [5.41, 5.74) is 0. The first kappa shape index (κ1) is 23.0. The topological polar surface area (TPSA) is 52.6 Å². The van der Waals surface area contributed by atoms with Crippen molar-refractivity contribution < 1.29 is 19.1 Å². The fraction of sp³-hybridized carbons (Fsp3) is 0.833. The van der Waals surface area contributed by atoms with Crippen LogP contribution in [0, 0.1) is 35.5 Å². The molecule has 2 aliphatic carbocycles. The number of hydrogen-bond acceptors (Lipinski definition) is 4. The van der Waals surface area contributed by atoms with Crippen molar-refractivity contribution in [2.24, 2.45) is 35.5 Å². The van der Waals surface area contributed by atoms with E-state index in [1.54, 1.807) is 0 Å². The molecule has 6 atom stereocenters. The fourth-order valence-electron chi connectivity index (χ4n) is 5.01. The molecular formula is C24H40O4. The second kappa shape index (κ2) is 10.5. The van der Waals surface area contributed by atoms with Gasteiger partial charge in [0.25, 0.3) is 0 Å². The van der Waals surface area contributed by atoms with Crippen LogP contribution in [0.25, 0.3) is 0 Å². The van der Waals surface area contributed by atoms with E-state index in [9.17, 15) is 9.59 Å². The van der Waals surface area contributed by atoms with Crippen LogP contribution in [0.5, 0.6) is 0 Å². The van der Waals surface area contributed by atoms with Gasteiger partial charge < -0.3 is 9.47 Å². The van der Waals surface area contributed by atoms with Gasteiger partial charge in [0.15, 0.2) is 0 Å². The normalized spacial score (nSPS) is 34.0. The molecular weight excluding hydrogens is 352 g/mol. The van der Waals surface area contributed by atoms with Crippen LogP contribution >= 0.6 is 0 Å². The van der Waals surface area contributed by atoms with Crippen LogP contribution in [-0.4, -0.2) is 24.1 Å². The van der Waals surface area contributed by atoms with Crippen LogP contribution < -0.4 is 0 Å². The predicted octanol–water partition coefficient (Wildman–Crippen LogP) is 5.55. The lowest BCUT2D eigenvalue weighted by molar-refractivity contribution is -0.152. The Morgan fingerprint density at radius 2 is 1.07 bits per heavy atom. The van der Waals surface area contributed by atoms with Crippen molar-refractivity contribution in [1.29, 1.82) is 0 Å². The highest BCUT2D eigenvalue weighted by Crippen LogP contribution is 2.36. The average Bonchev–Trinajstić information content (AvgIpc) is 2.59. The minimum Gasteiger partial charge on any atom is -0.459 e. The summed E-state index contributed by atoms with van der Waals surface area (Å²) in [4.78, 5) is 24.6. The summed E-state index contributed by atoms with van der Waals surface area (Å²) in [6.07, 6.45) is 8.77. The smallest absolute Gasteiger partial charge is 0.331 e. The van der Waals surface area contributed by atoms with E-state index in [1.165, 1.54) is 25.0 Å². The van der Waals surface area contributed by atoms with Crippen molar-refractivity contribution >= 4 is 11.9 Å². The molecule has 0 radical (unpaired) electrons. The molecule has 2 aliphatic rings. The van der Waals surface area contributed by atoms with E-state index in [4.69, 9.17) is 9.47 Å². The van der Waals surface area contributed by atoms with Crippen molar-refractivity contribution in [2.45, 2.75) is 92.3 Å². The Labute approximate surface area is 171 Å². The highest BCUT2D eigenvalue weighted by atomic mass is 16.5. The van der Waals surface area contributed by atoms with Gasteiger partial charge in [-0.3, -0.25) is 0 Å². The highest BCUT2D eigenvalue weighted by Gasteiger charge is 2.34. The number of carbonyl (C=O) groups excluding carboxylic acids is 2. The third-order valence-corrected chi connectivity index (χ3v) is 6.81. The number of ether oxygens (including phenoxy) is 2. The minimum atomic E-state index is -0.431. The Kier molecular flexibility index (Phi) is 8.57. The minimum absolute atomic E-state index is 0.0542. The zero-order valence-electron chi connectivity index (χ0n) is 18.6. The number of hydrogen-bond donors (Lipinski definition) is 0. The molecule has 0 saturated heterocycles. The van der Waals surface area contributed by atoms with E-state index in [1.807, 2.05) is 0 Å². The Bertz CT molecular complexity index is 503. The Balaban J connectivity index is 1.89. The van der Waals surface area contributed by atoms with Crippen LogP contribution in [0.2, 0.25) is 0 Å². The van der Waals surface area contributed by atoms with Crippen molar-refractivity contribution in [2.75, 3.05) is 0 Å². The molecule has 0 aliphatic heterocycles. The maximum Gasteiger partial charge on any atom is 0.331 e. The van der Waals surface area contributed by atoms with E-state index >= 15 is 0 Å². The molecule has 28 heavy (non-hydrogen) atoms. The average molecular weight is 393 g/mol. The number of esters is 2. The molecule has 0 aromatic rings. The zero-order valence-corrected chi connectivity index (χ0v) is 18.6. The molecule has 4 nitrogen and oxygen atoms in total. The second-order valence-corrected chi connectivity index (χ2v) is 9.94. The molecule has 0 unspecified atom stereocenters. The highest BCUT2D eigenvalue weighted by molar-refractivity contribution is 5.91. The molecule has 0 N–H and O–H groups in total. The summed E-state index contributed by atoms with van der Waals surface area (Å²) in [6.45, 7) is 13.2. The maximum absolute atomic E-state index is 12.3. The summed E-state index contributed by atoms with van der Waals surface area (Å²) >= 11 is 0. The summed E-state index contributed by atoms with van der Waals surface area (Å²) in [6, 6.07) is 0. The van der Waals surface area contributed by atoms with E-state index in [0.29, 0.717) is 35.5 Å². The first-order chi connectivity index (χ1) is 13.2. The van der Waals surface area contributed by atoms with Gasteiger partial charge in [0, 0.05) is 12.2 Å². The van der Waals surface area contributed by atoms with Crippen LogP contribution in [0.15, 0.2) is 12.2 Å². The molecule has 2 fully saturated rings. The Morgan fingerprint density at radius 1 is 0.714 bits per heavy atom. The van der Waals surface area contributed by atoms with Gasteiger partial charge in [-0.15, -0.1) is 0 Å². The Hall–Kier alpha value is -1.32.